The molecule has 2 rings (SSSR count). The summed E-state index contributed by atoms with van der Waals surface area (Å²) in [4.78, 5) is 4.76. The summed E-state index contributed by atoms with van der Waals surface area (Å²) in [6.45, 7) is 6.71. The average molecular weight is 269 g/mol. The lowest BCUT2D eigenvalue weighted by molar-refractivity contribution is 0.710. The summed E-state index contributed by atoms with van der Waals surface area (Å²) in [5.74, 6) is 1.72. The van der Waals surface area contributed by atoms with Gasteiger partial charge in [0.05, 0.1) is 5.69 Å². The van der Waals surface area contributed by atoms with Crippen molar-refractivity contribution in [3.05, 3.63) is 48.7 Å². The number of aromatic nitrogens is 2. The Hall–Kier alpha value is -2.03. The molecule has 0 amide bonds. The predicted molar refractivity (Wildman–Crippen MR) is 85.5 cm³/mol. The number of anilines is 1. The van der Waals surface area contributed by atoms with Crippen LogP contribution in [0.1, 0.15) is 31.9 Å². The van der Waals surface area contributed by atoms with Crippen LogP contribution in [-0.4, -0.2) is 9.55 Å². The summed E-state index contributed by atoms with van der Waals surface area (Å²) >= 11 is 0. The third kappa shape index (κ3) is 3.10. The minimum atomic E-state index is 0.691. The molecular formula is C17H23N3. The van der Waals surface area contributed by atoms with Crippen molar-refractivity contribution in [2.45, 2.75) is 39.2 Å². The first-order chi connectivity index (χ1) is 9.77. The minimum Gasteiger partial charge on any atom is -0.384 e. The minimum absolute atomic E-state index is 0.691. The molecule has 0 saturated carbocycles. The van der Waals surface area contributed by atoms with Gasteiger partial charge in [-0.25, -0.2) is 4.98 Å². The standard InChI is InChI=1S/C17H23N3/c1-3-5-7-12-15-16(18)20(13-4-2)17(19-15)14-10-8-6-9-11-14/h4,6,8-11H,2-3,5,7,12-13,18H2,1H3. The Kier molecular flexibility index (Phi) is 4.99. The van der Waals surface area contributed by atoms with E-state index in [4.69, 9.17) is 10.7 Å². The molecule has 0 unspecified atom stereocenters. The van der Waals surface area contributed by atoms with Gasteiger partial charge in [0.15, 0.2) is 0 Å². The molecule has 1 aromatic heterocycles. The van der Waals surface area contributed by atoms with E-state index >= 15 is 0 Å². The molecule has 20 heavy (non-hydrogen) atoms. The van der Waals surface area contributed by atoms with Crippen molar-refractivity contribution in [1.29, 1.82) is 0 Å². The lowest BCUT2D eigenvalue weighted by Gasteiger charge is -2.07. The highest BCUT2D eigenvalue weighted by atomic mass is 15.1. The molecule has 3 heteroatoms. The van der Waals surface area contributed by atoms with Crippen LogP contribution >= 0.6 is 0 Å². The van der Waals surface area contributed by atoms with E-state index < -0.39 is 0 Å². The second-order valence-corrected chi connectivity index (χ2v) is 4.99. The predicted octanol–water partition coefficient (Wildman–Crippen LogP) is 4.05. The van der Waals surface area contributed by atoms with Gasteiger partial charge in [0.25, 0.3) is 0 Å². The van der Waals surface area contributed by atoms with Crippen molar-refractivity contribution in [2.75, 3.05) is 5.73 Å². The fourth-order valence-corrected chi connectivity index (χ4v) is 2.36. The molecule has 0 saturated heterocycles. The SMILES string of the molecule is C=CCn1c(-c2ccccc2)nc(CCCCC)c1N. The second kappa shape index (κ2) is 6.94. The molecule has 1 aromatic carbocycles. The summed E-state index contributed by atoms with van der Waals surface area (Å²) in [5, 5.41) is 0. The van der Waals surface area contributed by atoms with Gasteiger partial charge in [0, 0.05) is 12.1 Å². The van der Waals surface area contributed by atoms with Crippen LogP contribution in [-0.2, 0) is 13.0 Å². The Balaban J connectivity index is 2.35. The van der Waals surface area contributed by atoms with Gasteiger partial charge in [0.1, 0.15) is 11.6 Å². The molecule has 0 fully saturated rings. The van der Waals surface area contributed by atoms with Gasteiger partial charge in [-0.1, -0.05) is 56.2 Å². The number of rotatable bonds is 7. The Labute approximate surface area is 121 Å². The van der Waals surface area contributed by atoms with Crippen LogP contribution in [0, 0.1) is 0 Å². The van der Waals surface area contributed by atoms with E-state index in [1.54, 1.807) is 0 Å². The number of allylic oxidation sites excluding steroid dienone is 1. The number of nitrogen functional groups attached to an aromatic ring is 1. The zero-order valence-corrected chi connectivity index (χ0v) is 12.2. The molecule has 0 aliphatic rings. The van der Waals surface area contributed by atoms with Crippen molar-refractivity contribution in [2.24, 2.45) is 0 Å². The van der Waals surface area contributed by atoms with Crippen LogP contribution < -0.4 is 5.73 Å². The maximum absolute atomic E-state index is 6.26. The number of hydrogen-bond acceptors (Lipinski definition) is 2. The number of benzene rings is 1. The van der Waals surface area contributed by atoms with Gasteiger partial charge < -0.3 is 10.3 Å². The molecule has 2 N–H and O–H groups in total. The smallest absolute Gasteiger partial charge is 0.142 e. The van der Waals surface area contributed by atoms with E-state index in [1.807, 2.05) is 28.8 Å². The second-order valence-electron chi connectivity index (χ2n) is 4.99. The molecule has 3 nitrogen and oxygen atoms in total. The van der Waals surface area contributed by atoms with E-state index in [0.29, 0.717) is 6.54 Å². The molecule has 2 aromatic rings. The maximum atomic E-state index is 6.26. The number of hydrogen-bond donors (Lipinski definition) is 1. The molecule has 0 spiro atoms. The lowest BCUT2D eigenvalue weighted by atomic mass is 10.1. The molecule has 106 valence electrons. The number of unbranched alkanes of at least 4 members (excludes halogenated alkanes) is 2. The zero-order chi connectivity index (χ0) is 14.4. The Morgan fingerprint density at radius 2 is 2.00 bits per heavy atom. The van der Waals surface area contributed by atoms with Crippen LogP contribution in [0.3, 0.4) is 0 Å². The Morgan fingerprint density at radius 3 is 2.65 bits per heavy atom. The Bertz CT molecular complexity index is 555. The van der Waals surface area contributed by atoms with E-state index in [2.05, 4.69) is 25.6 Å². The van der Waals surface area contributed by atoms with Gasteiger partial charge in [0.2, 0.25) is 0 Å². The summed E-state index contributed by atoms with van der Waals surface area (Å²) in [5.41, 5.74) is 8.38. The fourth-order valence-electron chi connectivity index (χ4n) is 2.36. The quantitative estimate of drug-likeness (QED) is 0.608. The van der Waals surface area contributed by atoms with Gasteiger partial charge in [-0.05, 0) is 12.8 Å². The number of aryl methyl sites for hydroxylation is 1. The normalized spacial score (nSPS) is 10.7. The maximum Gasteiger partial charge on any atom is 0.142 e. The highest BCUT2D eigenvalue weighted by molar-refractivity contribution is 5.60. The van der Waals surface area contributed by atoms with Crippen LogP contribution in [0.2, 0.25) is 0 Å². The molecular weight excluding hydrogens is 246 g/mol. The molecule has 0 aliphatic carbocycles. The van der Waals surface area contributed by atoms with Crippen LogP contribution in [0.25, 0.3) is 11.4 Å². The van der Waals surface area contributed by atoms with Crippen molar-refractivity contribution in [1.82, 2.24) is 9.55 Å². The van der Waals surface area contributed by atoms with E-state index in [-0.39, 0.29) is 0 Å². The van der Waals surface area contributed by atoms with Crippen molar-refractivity contribution >= 4 is 5.82 Å². The van der Waals surface area contributed by atoms with E-state index in [1.165, 1.54) is 12.8 Å². The topological polar surface area (TPSA) is 43.8 Å². The van der Waals surface area contributed by atoms with E-state index in [0.717, 1.165) is 35.7 Å². The number of imidazole rings is 1. The van der Waals surface area contributed by atoms with Crippen molar-refractivity contribution < 1.29 is 0 Å². The highest BCUT2D eigenvalue weighted by Gasteiger charge is 2.14. The monoisotopic (exact) mass is 269 g/mol. The first-order valence-electron chi connectivity index (χ1n) is 7.29. The molecule has 0 atom stereocenters. The first-order valence-corrected chi connectivity index (χ1v) is 7.29. The van der Waals surface area contributed by atoms with Crippen molar-refractivity contribution in [3.63, 3.8) is 0 Å². The molecule has 0 radical (unpaired) electrons. The summed E-state index contributed by atoms with van der Waals surface area (Å²) < 4.78 is 2.05. The first kappa shape index (κ1) is 14.4. The Morgan fingerprint density at radius 1 is 1.25 bits per heavy atom. The largest absolute Gasteiger partial charge is 0.384 e. The van der Waals surface area contributed by atoms with Crippen LogP contribution in [0.5, 0.6) is 0 Å². The molecule has 1 heterocycles. The number of nitrogens with zero attached hydrogens (tertiary/aromatic N) is 2. The van der Waals surface area contributed by atoms with Gasteiger partial charge in [-0.15, -0.1) is 6.58 Å². The third-order valence-electron chi connectivity index (χ3n) is 3.44. The van der Waals surface area contributed by atoms with Gasteiger partial charge in [-0.3, -0.25) is 0 Å². The average Bonchev–Trinajstić information content (AvgIpc) is 2.78. The third-order valence-corrected chi connectivity index (χ3v) is 3.44. The van der Waals surface area contributed by atoms with Crippen LogP contribution in [0.15, 0.2) is 43.0 Å². The summed E-state index contributed by atoms with van der Waals surface area (Å²) in [7, 11) is 0. The highest BCUT2D eigenvalue weighted by Crippen LogP contribution is 2.25. The van der Waals surface area contributed by atoms with Crippen molar-refractivity contribution in [3.8, 4) is 11.4 Å². The van der Waals surface area contributed by atoms with E-state index in [9.17, 15) is 0 Å². The number of nitrogens with two attached hydrogens (primary N) is 1. The van der Waals surface area contributed by atoms with Gasteiger partial charge in [-0.2, -0.15) is 0 Å². The molecule has 0 bridgehead atoms. The van der Waals surface area contributed by atoms with Crippen LogP contribution in [0.4, 0.5) is 5.82 Å². The lowest BCUT2D eigenvalue weighted by Crippen LogP contribution is -2.04. The summed E-state index contributed by atoms with van der Waals surface area (Å²) in [6.07, 6.45) is 6.37. The zero-order valence-electron chi connectivity index (χ0n) is 12.2. The van der Waals surface area contributed by atoms with Gasteiger partial charge >= 0.3 is 0 Å². The fraction of sp³-hybridized carbons (Fsp3) is 0.353. The summed E-state index contributed by atoms with van der Waals surface area (Å²) in [6, 6.07) is 10.2. The molecule has 0 aliphatic heterocycles.